The lowest BCUT2D eigenvalue weighted by Crippen LogP contribution is -2.21. The summed E-state index contributed by atoms with van der Waals surface area (Å²) >= 11 is 0. The summed E-state index contributed by atoms with van der Waals surface area (Å²) in [6.45, 7) is 8.96. The van der Waals surface area contributed by atoms with E-state index in [4.69, 9.17) is 4.43 Å². The summed E-state index contributed by atoms with van der Waals surface area (Å²) in [6.07, 6.45) is 0. The van der Waals surface area contributed by atoms with Gasteiger partial charge in [0.15, 0.2) is 0 Å². The minimum Gasteiger partial charge on any atom is -0.518 e. The van der Waals surface area contributed by atoms with Gasteiger partial charge in [-0.25, -0.2) is 0 Å². The highest BCUT2D eigenvalue weighted by atomic mass is 28.2. The first-order chi connectivity index (χ1) is 4.50. The second-order valence-electron chi connectivity index (χ2n) is 3.19. The van der Waals surface area contributed by atoms with Gasteiger partial charge in [0.2, 0.25) is 0 Å². The van der Waals surface area contributed by atoms with E-state index in [9.17, 15) is 4.79 Å². The Morgan fingerprint density at radius 2 is 2.00 bits per heavy atom. The molecule has 0 aliphatic carbocycles. The molecule has 0 fully saturated rings. The van der Waals surface area contributed by atoms with Crippen LogP contribution in [0.5, 0.6) is 0 Å². The smallest absolute Gasteiger partial charge is 0.320 e. The molecule has 0 N–H and O–H groups in total. The molecule has 0 saturated carbocycles. The third kappa shape index (κ3) is 3.01. The molecule has 10 heavy (non-hydrogen) atoms. The Kier molecular flexibility index (Phi) is 3.64. The van der Waals surface area contributed by atoms with Crippen LogP contribution in [0.1, 0.15) is 27.7 Å². The van der Waals surface area contributed by atoms with Crippen LogP contribution in [-0.4, -0.2) is 16.2 Å². The minimum absolute atomic E-state index is 0.126. The first-order valence-corrected chi connectivity index (χ1v) is 4.28. The molecule has 3 heteroatoms. The van der Waals surface area contributed by atoms with Crippen molar-refractivity contribution in [1.29, 1.82) is 0 Å². The van der Waals surface area contributed by atoms with E-state index in [0.717, 1.165) is 0 Å². The largest absolute Gasteiger partial charge is 0.518 e. The summed E-state index contributed by atoms with van der Waals surface area (Å²) in [5.74, 6) is 0.547. The van der Waals surface area contributed by atoms with Crippen LogP contribution < -0.4 is 0 Å². The number of carbonyl (C=O) groups is 1. The lowest BCUT2D eigenvalue weighted by molar-refractivity contribution is -0.120. The summed E-state index contributed by atoms with van der Waals surface area (Å²) in [4.78, 5) is 9.86. The highest BCUT2D eigenvalue weighted by Crippen LogP contribution is 2.32. The van der Waals surface area contributed by atoms with E-state index in [2.05, 4.69) is 27.7 Å². The van der Waals surface area contributed by atoms with Crippen LogP contribution in [0.3, 0.4) is 0 Å². The maximum absolute atomic E-state index is 9.86. The lowest BCUT2D eigenvalue weighted by Gasteiger charge is -2.25. The van der Waals surface area contributed by atoms with Gasteiger partial charge in [-0.3, -0.25) is 4.79 Å². The fourth-order valence-electron chi connectivity index (χ4n) is 0.294. The van der Waals surface area contributed by atoms with Crippen LogP contribution in [-0.2, 0) is 9.22 Å². The molecule has 0 aromatic rings. The monoisotopic (exact) mass is 158 g/mol. The van der Waals surface area contributed by atoms with Gasteiger partial charge in [-0.1, -0.05) is 27.7 Å². The molecule has 2 radical (unpaired) electrons. The Morgan fingerprint density at radius 3 is 2.30 bits per heavy atom. The average molecular weight is 158 g/mol. The predicted molar refractivity (Wildman–Crippen MR) is 41.8 cm³/mol. The van der Waals surface area contributed by atoms with Gasteiger partial charge in [0.1, 0.15) is 0 Å². The van der Waals surface area contributed by atoms with Crippen molar-refractivity contribution >= 4 is 16.2 Å². The van der Waals surface area contributed by atoms with Gasteiger partial charge in [0.25, 0.3) is 6.47 Å². The zero-order chi connectivity index (χ0) is 8.20. The van der Waals surface area contributed by atoms with Crippen molar-refractivity contribution in [3.05, 3.63) is 0 Å². The van der Waals surface area contributed by atoms with Gasteiger partial charge in [0, 0.05) is 0 Å². The van der Waals surface area contributed by atoms with Crippen LogP contribution >= 0.6 is 0 Å². The van der Waals surface area contributed by atoms with Gasteiger partial charge in [-0.15, -0.1) is 0 Å². The summed E-state index contributed by atoms with van der Waals surface area (Å²) in [5.41, 5.74) is 0. The van der Waals surface area contributed by atoms with Gasteiger partial charge < -0.3 is 4.43 Å². The van der Waals surface area contributed by atoms with Crippen LogP contribution in [0, 0.1) is 5.92 Å². The van der Waals surface area contributed by atoms with Gasteiger partial charge >= 0.3 is 9.76 Å². The molecule has 0 saturated heterocycles. The highest BCUT2D eigenvalue weighted by Gasteiger charge is 2.25. The second-order valence-corrected chi connectivity index (χ2v) is 4.92. The molecular formula is C7H14O2Si. The van der Waals surface area contributed by atoms with Gasteiger partial charge in [0.05, 0.1) is 0 Å². The SMILES string of the molecule is CC(C)C(C)(C)[Si]OC=O. The number of rotatable bonds is 4. The lowest BCUT2D eigenvalue weighted by atomic mass is 9.99. The molecule has 0 unspecified atom stereocenters. The quantitative estimate of drug-likeness (QED) is 0.459. The van der Waals surface area contributed by atoms with Crippen molar-refractivity contribution in [3.63, 3.8) is 0 Å². The summed E-state index contributed by atoms with van der Waals surface area (Å²) in [5, 5.41) is 0.126. The topological polar surface area (TPSA) is 26.3 Å². The Hall–Kier alpha value is -0.313. The second kappa shape index (κ2) is 3.76. The van der Waals surface area contributed by atoms with E-state index in [1.54, 1.807) is 0 Å². The van der Waals surface area contributed by atoms with Gasteiger partial charge in [-0.2, -0.15) is 0 Å². The molecule has 58 valence electrons. The number of hydrogen-bond acceptors (Lipinski definition) is 2. The highest BCUT2D eigenvalue weighted by molar-refractivity contribution is 6.33. The zero-order valence-corrected chi connectivity index (χ0v) is 7.97. The molecule has 0 aromatic heterocycles. The van der Waals surface area contributed by atoms with E-state index < -0.39 is 0 Å². The van der Waals surface area contributed by atoms with Crippen LogP contribution in [0.15, 0.2) is 0 Å². The molecular weight excluding hydrogens is 144 g/mol. The van der Waals surface area contributed by atoms with Crippen LogP contribution in [0.25, 0.3) is 0 Å². The molecule has 0 bridgehead atoms. The average Bonchev–Trinajstić information content (AvgIpc) is 1.84. The molecule has 0 aliphatic rings. The maximum Gasteiger partial charge on any atom is 0.320 e. The zero-order valence-electron chi connectivity index (χ0n) is 6.97. The standard InChI is InChI=1S/C7H14O2Si/c1-6(2)7(3,4)10-9-5-8/h5-6H,1-4H3. The molecule has 0 aromatic carbocycles. The van der Waals surface area contributed by atoms with Gasteiger partial charge in [-0.05, 0) is 11.0 Å². The first-order valence-electron chi connectivity index (χ1n) is 3.37. The molecule has 0 heterocycles. The Balaban J connectivity index is 3.74. The van der Waals surface area contributed by atoms with Crippen molar-refractivity contribution in [1.82, 2.24) is 0 Å². The summed E-state index contributed by atoms with van der Waals surface area (Å²) < 4.78 is 4.71. The third-order valence-electron chi connectivity index (χ3n) is 1.81. The predicted octanol–water partition coefficient (Wildman–Crippen LogP) is 1.63. The normalized spacial score (nSPS) is 11.7. The van der Waals surface area contributed by atoms with Crippen molar-refractivity contribution < 1.29 is 9.22 Å². The van der Waals surface area contributed by atoms with Crippen molar-refractivity contribution in [3.8, 4) is 0 Å². The van der Waals surface area contributed by atoms with E-state index in [1.807, 2.05) is 0 Å². The fraction of sp³-hybridized carbons (Fsp3) is 0.857. The maximum atomic E-state index is 9.86. The van der Waals surface area contributed by atoms with E-state index in [0.29, 0.717) is 12.4 Å². The number of carbonyl (C=O) groups excluding carboxylic acids is 1. The van der Waals surface area contributed by atoms with E-state index >= 15 is 0 Å². The third-order valence-corrected chi connectivity index (χ3v) is 3.13. The van der Waals surface area contributed by atoms with Crippen LogP contribution in [0.2, 0.25) is 5.04 Å². The number of hydrogen-bond donors (Lipinski definition) is 0. The fourth-order valence-corrected chi connectivity index (χ4v) is 0.881. The van der Waals surface area contributed by atoms with Crippen LogP contribution in [0.4, 0.5) is 0 Å². The Morgan fingerprint density at radius 1 is 1.50 bits per heavy atom. The molecule has 0 amide bonds. The Bertz CT molecular complexity index is 110. The van der Waals surface area contributed by atoms with Crippen molar-refractivity contribution in [2.75, 3.05) is 0 Å². The molecule has 0 spiro atoms. The van der Waals surface area contributed by atoms with Crippen molar-refractivity contribution in [2.45, 2.75) is 32.7 Å². The van der Waals surface area contributed by atoms with E-state index in [-0.39, 0.29) is 14.8 Å². The summed E-state index contributed by atoms with van der Waals surface area (Å²) in [7, 11) is 0.271. The molecule has 0 aliphatic heterocycles. The summed E-state index contributed by atoms with van der Waals surface area (Å²) in [6, 6.07) is 0. The van der Waals surface area contributed by atoms with Crippen molar-refractivity contribution in [2.24, 2.45) is 5.92 Å². The molecule has 2 nitrogen and oxygen atoms in total. The van der Waals surface area contributed by atoms with E-state index in [1.165, 1.54) is 0 Å². The first kappa shape index (κ1) is 9.69. The molecule has 0 atom stereocenters. The Labute approximate surface area is 64.9 Å². The molecule has 0 rings (SSSR count). The minimum atomic E-state index is 0.126.